The zero-order valence-corrected chi connectivity index (χ0v) is 17.8. The van der Waals surface area contributed by atoms with Crippen LogP contribution in [0.3, 0.4) is 0 Å². The quantitative estimate of drug-likeness (QED) is 0.188. The Kier molecular flexibility index (Phi) is 17.6. The van der Waals surface area contributed by atoms with Crippen molar-refractivity contribution >= 4 is 15.9 Å². The van der Waals surface area contributed by atoms with E-state index in [0.717, 1.165) is 5.33 Å². The minimum Gasteiger partial charge on any atom is -0.325 e. The van der Waals surface area contributed by atoms with Crippen LogP contribution < -0.4 is 5.73 Å². The number of nitrogens with two attached hydrogens (primary N) is 1. The Morgan fingerprint density at radius 2 is 0.913 bits per heavy atom. The summed E-state index contributed by atoms with van der Waals surface area (Å²) < 4.78 is 0. The predicted molar refractivity (Wildman–Crippen MR) is 111 cm³/mol. The molecule has 0 spiro atoms. The molecule has 0 aliphatic heterocycles. The fraction of sp³-hybridized carbons (Fsp3) is 1.00. The molecule has 0 aliphatic rings. The number of hydrogen-bond acceptors (Lipinski definition) is 1. The highest BCUT2D eigenvalue weighted by atomic mass is 79.9. The van der Waals surface area contributed by atoms with E-state index in [2.05, 4.69) is 29.8 Å². The third-order valence-corrected chi connectivity index (χ3v) is 5.68. The molecule has 0 rings (SSSR count). The average molecular weight is 390 g/mol. The van der Waals surface area contributed by atoms with Crippen LogP contribution in [0.5, 0.6) is 0 Å². The summed E-state index contributed by atoms with van der Waals surface area (Å²) in [6.45, 7) is 4.57. The van der Waals surface area contributed by atoms with Gasteiger partial charge in [0.1, 0.15) is 0 Å². The van der Waals surface area contributed by atoms with E-state index in [1.807, 2.05) is 0 Å². The lowest BCUT2D eigenvalue weighted by Crippen LogP contribution is -2.39. The molecule has 1 nitrogen and oxygen atoms in total. The predicted octanol–water partition coefficient (Wildman–Crippen LogP) is 7.75. The Morgan fingerprint density at radius 1 is 0.565 bits per heavy atom. The molecule has 0 atom stereocenters. The van der Waals surface area contributed by atoms with Gasteiger partial charge in [0.25, 0.3) is 0 Å². The van der Waals surface area contributed by atoms with E-state index in [1.165, 1.54) is 109 Å². The summed E-state index contributed by atoms with van der Waals surface area (Å²) >= 11 is 3.55. The Labute approximate surface area is 155 Å². The summed E-state index contributed by atoms with van der Waals surface area (Å²) in [5, 5.41) is 1.12. The van der Waals surface area contributed by atoms with E-state index < -0.39 is 0 Å². The van der Waals surface area contributed by atoms with Gasteiger partial charge in [-0.1, -0.05) is 113 Å². The van der Waals surface area contributed by atoms with E-state index in [4.69, 9.17) is 5.73 Å². The molecule has 0 amide bonds. The first-order valence-corrected chi connectivity index (χ1v) is 11.7. The maximum atomic E-state index is 6.81. The van der Waals surface area contributed by atoms with Crippen molar-refractivity contribution in [1.29, 1.82) is 0 Å². The van der Waals surface area contributed by atoms with Crippen molar-refractivity contribution in [1.82, 2.24) is 0 Å². The van der Waals surface area contributed by atoms with Gasteiger partial charge in [-0.2, -0.15) is 0 Å². The number of rotatable bonds is 18. The van der Waals surface area contributed by atoms with Crippen LogP contribution in [-0.4, -0.2) is 10.9 Å². The molecule has 0 bridgehead atoms. The average Bonchev–Trinajstić information content (AvgIpc) is 2.54. The van der Waals surface area contributed by atoms with E-state index in [0.29, 0.717) is 0 Å². The van der Waals surface area contributed by atoms with Crippen molar-refractivity contribution in [3.05, 3.63) is 0 Å². The minimum atomic E-state index is 0.123. The van der Waals surface area contributed by atoms with Gasteiger partial charge in [-0.3, -0.25) is 0 Å². The van der Waals surface area contributed by atoms with Gasteiger partial charge in [0, 0.05) is 10.9 Å². The molecule has 0 fully saturated rings. The molecule has 0 aliphatic carbocycles. The smallest absolute Gasteiger partial charge is 0.0154 e. The molecule has 0 saturated carbocycles. The summed E-state index contributed by atoms with van der Waals surface area (Å²) in [7, 11) is 0. The van der Waals surface area contributed by atoms with Crippen LogP contribution in [0, 0.1) is 0 Å². The molecular formula is C21H44BrN. The summed E-state index contributed by atoms with van der Waals surface area (Å²) in [4.78, 5) is 0. The standard InChI is InChI=1S/C21H44BrN/c1-3-5-7-9-11-13-17-21(23,19-15-16-20-22)18-14-12-10-8-6-4-2/h3-20,23H2,1-2H3. The summed E-state index contributed by atoms with van der Waals surface area (Å²) in [5.74, 6) is 0. The molecule has 0 radical (unpaired) electrons. The SMILES string of the molecule is CCCCCCCCC(N)(CCCCBr)CCCCCCCC. The molecular weight excluding hydrogens is 346 g/mol. The van der Waals surface area contributed by atoms with Gasteiger partial charge in [-0.25, -0.2) is 0 Å². The van der Waals surface area contributed by atoms with Crippen molar-refractivity contribution in [2.45, 2.75) is 129 Å². The second-order valence-electron chi connectivity index (χ2n) is 7.54. The van der Waals surface area contributed by atoms with Gasteiger partial charge in [0.05, 0.1) is 0 Å². The fourth-order valence-electron chi connectivity index (χ4n) is 3.46. The third-order valence-electron chi connectivity index (χ3n) is 5.11. The zero-order valence-electron chi connectivity index (χ0n) is 16.2. The number of unbranched alkanes of at least 4 members (excludes halogenated alkanes) is 11. The monoisotopic (exact) mass is 389 g/mol. The Morgan fingerprint density at radius 3 is 1.30 bits per heavy atom. The van der Waals surface area contributed by atoms with Crippen LogP contribution >= 0.6 is 15.9 Å². The molecule has 0 aromatic heterocycles. The van der Waals surface area contributed by atoms with Crippen molar-refractivity contribution in [2.24, 2.45) is 5.73 Å². The molecule has 0 aromatic rings. The minimum absolute atomic E-state index is 0.123. The van der Waals surface area contributed by atoms with Crippen molar-refractivity contribution in [3.63, 3.8) is 0 Å². The highest BCUT2D eigenvalue weighted by Gasteiger charge is 2.23. The van der Waals surface area contributed by atoms with Gasteiger partial charge >= 0.3 is 0 Å². The van der Waals surface area contributed by atoms with Crippen molar-refractivity contribution in [3.8, 4) is 0 Å². The molecule has 0 aromatic carbocycles. The van der Waals surface area contributed by atoms with Crippen LogP contribution in [0.25, 0.3) is 0 Å². The highest BCUT2D eigenvalue weighted by molar-refractivity contribution is 9.09. The second-order valence-corrected chi connectivity index (χ2v) is 8.34. The second kappa shape index (κ2) is 17.3. The van der Waals surface area contributed by atoms with Gasteiger partial charge < -0.3 is 5.73 Å². The van der Waals surface area contributed by atoms with Gasteiger partial charge in [0.2, 0.25) is 0 Å². The molecule has 2 heteroatoms. The summed E-state index contributed by atoms with van der Waals surface area (Å²) in [5.41, 5.74) is 6.93. The molecule has 23 heavy (non-hydrogen) atoms. The summed E-state index contributed by atoms with van der Waals surface area (Å²) in [6, 6.07) is 0. The first-order valence-electron chi connectivity index (χ1n) is 10.5. The lowest BCUT2D eigenvalue weighted by molar-refractivity contribution is 0.306. The number of alkyl halides is 1. The Hall–Kier alpha value is 0.440. The van der Waals surface area contributed by atoms with Crippen LogP contribution in [0.2, 0.25) is 0 Å². The van der Waals surface area contributed by atoms with Crippen molar-refractivity contribution < 1.29 is 0 Å². The van der Waals surface area contributed by atoms with Crippen LogP contribution in [0.4, 0.5) is 0 Å². The van der Waals surface area contributed by atoms with E-state index in [-0.39, 0.29) is 5.54 Å². The molecule has 0 heterocycles. The van der Waals surface area contributed by atoms with Crippen molar-refractivity contribution in [2.75, 3.05) is 5.33 Å². The largest absolute Gasteiger partial charge is 0.325 e. The molecule has 2 N–H and O–H groups in total. The first-order chi connectivity index (χ1) is 11.2. The summed E-state index contributed by atoms with van der Waals surface area (Å²) in [6.07, 6.45) is 22.8. The Bertz CT molecular complexity index is 214. The third kappa shape index (κ3) is 15.7. The number of hydrogen-bond donors (Lipinski definition) is 1. The Balaban J connectivity index is 3.93. The maximum Gasteiger partial charge on any atom is 0.0154 e. The van der Waals surface area contributed by atoms with E-state index >= 15 is 0 Å². The normalized spacial score (nSPS) is 12.0. The van der Waals surface area contributed by atoms with Gasteiger partial charge in [-0.05, 0) is 25.7 Å². The molecule has 140 valence electrons. The number of halogens is 1. The first kappa shape index (κ1) is 23.4. The van der Waals surface area contributed by atoms with Crippen LogP contribution in [-0.2, 0) is 0 Å². The molecule has 0 unspecified atom stereocenters. The molecule has 0 saturated heterocycles. The van der Waals surface area contributed by atoms with E-state index in [1.54, 1.807) is 0 Å². The highest BCUT2D eigenvalue weighted by Crippen LogP contribution is 2.26. The van der Waals surface area contributed by atoms with Gasteiger partial charge in [0.15, 0.2) is 0 Å². The fourth-order valence-corrected chi connectivity index (χ4v) is 3.86. The lowest BCUT2D eigenvalue weighted by Gasteiger charge is -2.30. The van der Waals surface area contributed by atoms with Crippen LogP contribution in [0.1, 0.15) is 123 Å². The maximum absolute atomic E-state index is 6.81. The van der Waals surface area contributed by atoms with E-state index in [9.17, 15) is 0 Å². The topological polar surface area (TPSA) is 26.0 Å². The lowest BCUT2D eigenvalue weighted by atomic mass is 9.83. The van der Waals surface area contributed by atoms with Gasteiger partial charge in [-0.15, -0.1) is 0 Å². The van der Waals surface area contributed by atoms with Crippen LogP contribution in [0.15, 0.2) is 0 Å². The zero-order chi connectivity index (χ0) is 17.2.